The van der Waals surface area contributed by atoms with Gasteiger partial charge in [0.05, 0.1) is 52.6 Å². The zero-order chi connectivity index (χ0) is 40.8. The molecule has 0 bridgehead atoms. The van der Waals surface area contributed by atoms with Crippen molar-refractivity contribution in [3.8, 4) is 22.4 Å². The number of benzene rings is 2. The van der Waals surface area contributed by atoms with E-state index in [0.717, 1.165) is 11.1 Å². The zero-order valence-electron chi connectivity index (χ0n) is 31.7. The number of pyridine rings is 1. The summed E-state index contributed by atoms with van der Waals surface area (Å²) in [7, 11) is 0. The SMILES string of the molecule is CC(C)[C@@H](C(=O)NC(=O)O)N1CCCC1C(=O)Nc1ccc(-c2ccc(-c3ccc(NC(=O)C4CCCN4[C@H](C(=O)NC(=O)O)C(C)C)c(N)c3)nc2)cc1N. The highest BCUT2D eigenvalue weighted by Crippen LogP contribution is 2.32. The minimum absolute atomic E-state index is 0.235. The third kappa shape index (κ3) is 9.41. The maximum atomic E-state index is 13.4. The van der Waals surface area contributed by atoms with Crippen LogP contribution in [0.3, 0.4) is 0 Å². The van der Waals surface area contributed by atoms with Gasteiger partial charge in [-0.15, -0.1) is 0 Å². The minimum Gasteiger partial charge on any atom is -0.465 e. The summed E-state index contributed by atoms with van der Waals surface area (Å²) in [6.07, 6.45) is 1.14. The Morgan fingerprint density at radius 3 is 1.48 bits per heavy atom. The highest BCUT2D eigenvalue weighted by atomic mass is 16.4. The van der Waals surface area contributed by atoms with Gasteiger partial charge in [-0.3, -0.25) is 44.6 Å². The lowest BCUT2D eigenvalue weighted by atomic mass is 10.00. The standard InChI is InChI=1S/C39H49N9O8/c1-20(2)32(36(51)45-38(53)54)47-15-5-7-30(47)34(49)43-28-13-9-22(17-25(28)40)24-11-12-27(42-19-24)23-10-14-29(26(41)18-23)44-35(50)31-8-6-16-48(31)33(21(3)4)37(52)46-39(55)56/h9-14,17-21,30-33H,5-8,15-16,40-41H2,1-4H3,(H,43,49)(H,44,50)(H,45,51)(H,46,52)(H,53,54)(H,55,56)/t30?,31?,32-,33-/m0/s1. The number of carbonyl (C=O) groups excluding carboxylic acids is 4. The van der Waals surface area contributed by atoms with E-state index in [-0.39, 0.29) is 23.7 Å². The van der Waals surface area contributed by atoms with Crippen molar-refractivity contribution >= 4 is 58.6 Å². The molecule has 2 aromatic carbocycles. The zero-order valence-corrected chi connectivity index (χ0v) is 31.7. The Hall–Kier alpha value is -6.07. The molecule has 2 aliphatic heterocycles. The van der Waals surface area contributed by atoms with Gasteiger partial charge in [-0.2, -0.15) is 0 Å². The predicted octanol–water partition coefficient (Wildman–Crippen LogP) is 4.02. The summed E-state index contributed by atoms with van der Waals surface area (Å²) in [6, 6.07) is 11.2. The molecule has 0 radical (unpaired) electrons. The van der Waals surface area contributed by atoms with Gasteiger partial charge < -0.3 is 32.3 Å². The molecule has 0 spiro atoms. The third-order valence-electron chi connectivity index (χ3n) is 10.2. The molecule has 2 unspecified atom stereocenters. The fraction of sp³-hybridized carbons (Fsp3) is 0.410. The van der Waals surface area contributed by atoms with Gasteiger partial charge >= 0.3 is 12.2 Å². The second-order valence-electron chi connectivity index (χ2n) is 14.8. The molecule has 17 heteroatoms. The summed E-state index contributed by atoms with van der Waals surface area (Å²) >= 11 is 0. The van der Waals surface area contributed by atoms with Gasteiger partial charge in [0, 0.05) is 17.3 Å². The van der Waals surface area contributed by atoms with E-state index in [4.69, 9.17) is 21.7 Å². The van der Waals surface area contributed by atoms with Crippen molar-refractivity contribution in [2.24, 2.45) is 11.8 Å². The van der Waals surface area contributed by atoms with E-state index in [1.54, 1.807) is 80.1 Å². The molecular formula is C39H49N9O8. The van der Waals surface area contributed by atoms with Crippen LogP contribution in [0.2, 0.25) is 0 Å². The van der Waals surface area contributed by atoms with Crippen LogP contribution in [0.5, 0.6) is 0 Å². The van der Waals surface area contributed by atoms with E-state index >= 15 is 0 Å². The van der Waals surface area contributed by atoms with Crippen LogP contribution in [0.15, 0.2) is 54.7 Å². The Labute approximate surface area is 324 Å². The summed E-state index contributed by atoms with van der Waals surface area (Å²) in [5.74, 6) is -2.49. The number of aromatic nitrogens is 1. The normalized spacial score (nSPS) is 18.3. The smallest absolute Gasteiger partial charge is 0.411 e. The Morgan fingerprint density at radius 2 is 1.09 bits per heavy atom. The first-order chi connectivity index (χ1) is 26.5. The van der Waals surface area contributed by atoms with Crippen molar-refractivity contribution in [2.75, 3.05) is 35.2 Å². The van der Waals surface area contributed by atoms with Gasteiger partial charge in [0.1, 0.15) is 0 Å². The molecule has 56 heavy (non-hydrogen) atoms. The van der Waals surface area contributed by atoms with Crippen LogP contribution in [0.25, 0.3) is 22.4 Å². The van der Waals surface area contributed by atoms with Crippen LogP contribution in [0.1, 0.15) is 53.4 Å². The summed E-state index contributed by atoms with van der Waals surface area (Å²) in [5, 5.41) is 27.7. The average molecular weight is 772 g/mol. The van der Waals surface area contributed by atoms with Gasteiger partial charge in [-0.05, 0) is 86.5 Å². The lowest BCUT2D eigenvalue weighted by Crippen LogP contribution is -2.55. The van der Waals surface area contributed by atoms with E-state index in [1.165, 1.54) is 0 Å². The van der Waals surface area contributed by atoms with Gasteiger partial charge in [-0.25, -0.2) is 9.59 Å². The summed E-state index contributed by atoms with van der Waals surface area (Å²) in [6.45, 7) is 8.15. The summed E-state index contributed by atoms with van der Waals surface area (Å²) in [4.78, 5) is 82.6. The molecule has 0 aliphatic carbocycles. The van der Waals surface area contributed by atoms with Crippen LogP contribution in [-0.4, -0.2) is 98.1 Å². The fourth-order valence-corrected chi connectivity index (χ4v) is 7.70. The molecule has 2 aliphatic rings. The predicted molar refractivity (Wildman–Crippen MR) is 210 cm³/mol. The second-order valence-corrected chi connectivity index (χ2v) is 14.8. The molecule has 6 amide bonds. The van der Waals surface area contributed by atoms with Gasteiger partial charge in [-0.1, -0.05) is 45.9 Å². The van der Waals surface area contributed by atoms with Crippen molar-refractivity contribution < 1.29 is 39.0 Å². The fourth-order valence-electron chi connectivity index (χ4n) is 7.70. The Balaban J connectivity index is 1.23. The quantitative estimate of drug-likeness (QED) is 0.121. The molecule has 5 rings (SSSR count). The number of nitrogens with one attached hydrogen (secondary N) is 4. The average Bonchev–Trinajstić information content (AvgIpc) is 3.80. The number of hydrogen-bond acceptors (Lipinski definition) is 11. The van der Waals surface area contributed by atoms with Crippen molar-refractivity contribution in [2.45, 2.75) is 77.5 Å². The van der Waals surface area contributed by atoms with Gasteiger partial charge in [0.25, 0.3) is 0 Å². The van der Waals surface area contributed by atoms with Crippen molar-refractivity contribution in [3.63, 3.8) is 0 Å². The lowest BCUT2D eigenvalue weighted by Gasteiger charge is -2.33. The van der Waals surface area contributed by atoms with E-state index in [9.17, 15) is 28.8 Å². The van der Waals surface area contributed by atoms with Crippen LogP contribution in [0, 0.1) is 11.8 Å². The molecule has 3 heterocycles. The van der Waals surface area contributed by atoms with E-state index in [1.807, 2.05) is 22.8 Å². The number of imide groups is 2. The van der Waals surface area contributed by atoms with Crippen LogP contribution < -0.4 is 32.7 Å². The van der Waals surface area contributed by atoms with E-state index < -0.39 is 48.2 Å². The van der Waals surface area contributed by atoms with Gasteiger partial charge in [0.2, 0.25) is 23.6 Å². The molecule has 0 saturated carbocycles. The second kappa shape index (κ2) is 17.6. The van der Waals surface area contributed by atoms with Crippen molar-refractivity contribution in [3.05, 3.63) is 54.7 Å². The monoisotopic (exact) mass is 771 g/mol. The number of nitrogens with two attached hydrogens (primary N) is 2. The highest BCUT2D eigenvalue weighted by Gasteiger charge is 2.42. The number of anilines is 4. The van der Waals surface area contributed by atoms with Crippen molar-refractivity contribution in [1.29, 1.82) is 0 Å². The number of amides is 6. The Kier molecular flexibility index (Phi) is 12.9. The van der Waals surface area contributed by atoms with Crippen LogP contribution in [-0.2, 0) is 19.2 Å². The van der Waals surface area contributed by atoms with Gasteiger partial charge in [0.15, 0.2) is 0 Å². The number of nitrogen functional groups attached to an aromatic ring is 2. The summed E-state index contributed by atoms with van der Waals surface area (Å²) < 4.78 is 0. The lowest BCUT2D eigenvalue weighted by molar-refractivity contribution is -0.131. The maximum absolute atomic E-state index is 13.4. The first-order valence-electron chi connectivity index (χ1n) is 18.5. The van der Waals surface area contributed by atoms with Crippen LogP contribution in [0.4, 0.5) is 32.3 Å². The molecule has 298 valence electrons. The maximum Gasteiger partial charge on any atom is 0.411 e. The number of hydrogen-bond donors (Lipinski definition) is 8. The molecule has 1 aromatic heterocycles. The number of likely N-dealkylation sites (tertiary alicyclic amines) is 2. The number of rotatable bonds is 12. The number of nitrogens with zero attached hydrogens (tertiary/aromatic N) is 3. The molecule has 4 atom stereocenters. The number of carboxylic acid groups (broad SMARTS) is 2. The molecular weight excluding hydrogens is 722 g/mol. The first-order valence-corrected chi connectivity index (χ1v) is 18.5. The molecule has 2 fully saturated rings. The van der Waals surface area contributed by atoms with E-state index in [2.05, 4.69) is 15.6 Å². The Bertz CT molecular complexity index is 1850. The molecule has 10 N–H and O–H groups in total. The molecule has 3 aromatic rings. The molecule has 17 nitrogen and oxygen atoms in total. The minimum atomic E-state index is -1.44. The number of carbonyl (C=O) groups is 6. The largest absolute Gasteiger partial charge is 0.465 e. The first kappa shape index (κ1) is 41.1. The van der Waals surface area contributed by atoms with Crippen molar-refractivity contribution in [1.82, 2.24) is 25.4 Å². The topological polar surface area (TPSA) is 262 Å². The third-order valence-corrected chi connectivity index (χ3v) is 10.2. The molecule has 2 saturated heterocycles. The highest BCUT2D eigenvalue weighted by molar-refractivity contribution is 6.00. The summed E-state index contributed by atoms with van der Waals surface area (Å²) in [5.41, 5.74) is 17.0. The van der Waals surface area contributed by atoms with Crippen LogP contribution >= 0.6 is 0 Å². The Morgan fingerprint density at radius 1 is 0.661 bits per heavy atom. The van der Waals surface area contributed by atoms with E-state index in [0.29, 0.717) is 72.8 Å².